The lowest BCUT2D eigenvalue weighted by atomic mass is 10.2. The normalized spacial score (nSPS) is 10.6. The van der Waals surface area contributed by atoms with Crippen LogP contribution < -0.4 is 0 Å². The molecule has 0 heterocycles. The highest BCUT2D eigenvalue weighted by Crippen LogP contribution is 2.05. The molecule has 19 heavy (non-hydrogen) atoms. The lowest BCUT2D eigenvalue weighted by Crippen LogP contribution is -2.23. The van der Waals surface area contributed by atoms with Crippen LogP contribution in [0.4, 0.5) is 0 Å². The molecule has 0 unspecified atom stereocenters. The van der Waals surface area contributed by atoms with Crippen LogP contribution in [0.3, 0.4) is 0 Å². The van der Waals surface area contributed by atoms with E-state index in [9.17, 15) is 0 Å². The molecule has 1 N–H and O–H groups in total. The quantitative estimate of drug-likeness (QED) is 0.648. The Kier molecular flexibility index (Phi) is 4.51. The number of nitrogens with one attached hydrogen (secondary N) is 1. The Morgan fingerprint density at radius 3 is 2.21 bits per heavy atom. The van der Waals surface area contributed by atoms with Gasteiger partial charge >= 0.3 is 0 Å². The van der Waals surface area contributed by atoms with E-state index in [1.807, 2.05) is 72.6 Å². The van der Waals surface area contributed by atoms with Gasteiger partial charge in [-0.1, -0.05) is 66.7 Å². The van der Waals surface area contributed by atoms with Crippen LogP contribution in [-0.2, 0) is 6.54 Å². The lowest BCUT2D eigenvalue weighted by molar-refractivity contribution is 0.500. The molecule has 0 saturated heterocycles. The van der Waals surface area contributed by atoms with Crippen molar-refractivity contribution in [3.8, 4) is 0 Å². The molecule has 2 nitrogen and oxygen atoms in total. The van der Waals surface area contributed by atoms with Crippen molar-refractivity contribution in [2.24, 2.45) is 0 Å². The summed E-state index contributed by atoms with van der Waals surface area (Å²) in [5.41, 5.74) is 2.32. The van der Waals surface area contributed by atoms with Gasteiger partial charge in [0.15, 0.2) is 0 Å². The maximum absolute atomic E-state index is 8.03. The van der Waals surface area contributed by atoms with Gasteiger partial charge in [0, 0.05) is 13.6 Å². The predicted molar refractivity (Wildman–Crippen MR) is 81.1 cm³/mol. The lowest BCUT2D eigenvalue weighted by Gasteiger charge is -2.17. The Hall–Kier alpha value is -2.35. The number of hydrogen-bond donors (Lipinski definition) is 1. The first-order valence-corrected chi connectivity index (χ1v) is 6.32. The highest BCUT2D eigenvalue weighted by Gasteiger charge is 2.01. The fraction of sp³-hybridized carbons (Fsp3) is 0.118. The van der Waals surface area contributed by atoms with Gasteiger partial charge in [-0.2, -0.15) is 0 Å². The molecule has 0 spiro atoms. The van der Waals surface area contributed by atoms with Gasteiger partial charge in [0.1, 0.15) is 5.84 Å². The summed E-state index contributed by atoms with van der Waals surface area (Å²) in [5.74, 6) is 0.507. The average molecular weight is 250 g/mol. The van der Waals surface area contributed by atoms with E-state index >= 15 is 0 Å². The summed E-state index contributed by atoms with van der Waals surface area (Å²) in [6.07, 6.45) is 3.79. The van der Waals surface area contributed by atoms with Crippen molar-refractivity contribution in [2.45, 2.75) is 6.54 Å². The summed E-state index contributed by atoms with van der Waals surface area (Å²) in [7, 11) is 1.94. The molecular weight excluding hydrogens is 232 g/mol. The molecule has 0 fully saturated rings. The van der Waals surface area contributed by atoms with Gasteiger partial charge in [-0.15, -0.1) is 0 Å². The summed E-state index contributed by atoms with van der Waals surface area (Å²) in [6, 6.07) is 20.2. The maximum atomic E-state index is 8.03. The number of amidine groups is 1. The second-order valence-electron chi connectivity index (χ2n) is 4.47. The molecule has 2 heteroatoms. The van der Waals surface area contributed by atoms with Crippen molar-refractivity contribution in [3.63, 3.8) is 0 Å². The van der Waals surface area contributed by atoms with Crippen molar-refractivity contribution in [1.29, 1.82) is 5.41 Å². The molecule has 2 rings (SSSR count). The second kappa shape index (κ2) is 6.55. The van der Waals surface area contributed by atoms with Gasteiger partial charge in [-0.05, 0) is 17.2 Å². The summed E-state index contributed by atoms with van der Waals surface area (Å²) < 4.78 is 0. The highest BCUT2D eigenvalue weighted by molar-refractivity contribution is 5.93. The van der Waals surface area contributed by atoms with Gasteiger partial charge in [-0.3, -0.25) is 5.41 Å². The fourth-order valence-electron chi connectivity index (χ4n) is 1.81. The minimum atomic E-state index is 0.507. The standard InChI is InChI=1S/C17H18N2/c1-19(14-16-10-6-3-7-11-16)17(18)13-12-15-8-4-2-5-9-15/h2-13,18H,14H2,1H3/b13-12+,18-17?. The molecule has 2 aromatic carbocycles. The monoisotopic (exact) mass is 250 g/mol. The molecule has 0 amide bonds. The van der Waals surface area contributed by atoms with E-state index < -0.39 is 0 Å². The minimum Gasteiger partial charge on any atom is -0.356 e. The summed E-state index contributed by atoms with van der Waals surface area (Å²) in [5, 5.41) is 8.03. The van der Waals surface area contributed by atoms with Crippen molar-refractivity contribution in [1.82, 2.24) is 4.90 Å². The van der Waals surface area contributed by atoms with Gasteiger partial charge in [-0.25, -0.2) is 0 Å². The molecule has 0 saturated carbocycles. The largest absolute Gasteiger partial charge is 0.356 e. The zero-order valence-electron chi connectivity index (χ0n) is 11.1. The molecular formula is C17H18N2. The van der Waals surface area contributed by atoms with Crippen molar-refractivity contribution >= 4 is 11.9 Å². The Morgan fingerprint density at radius 1 is 1.00 bits per heavy atom. The Labute approximate surface area is 114 Å². The minimum absolute atomic E-state index is 0.507. The average Bonchev–Trinajstić information content (AvgIpc) is 2.47. The van der Waals surface area contributed by atoms with E-state index in [1.54, 1.807) is 0 Å². The second-order valence-corrected chi connectivity index (χ2v) is 4.47. The zero-order valence-corrected chi connectivity index (χ0v) is 11.1. The van der Waals surface area contributed by atoms with Crippen molar-refractivity contribution < 1.29 is 0 Å². The van der Waals surface area contributed by atoms with E-state index in [0.29, 0.717) is 5.84 Å². The molecule has 2 aromatic rings. The van der Waals surface area contributed by atoms with Gasteiger partial charge < -0.3 is 4.90 Å². The SMILES string of the molecule is CN(Cc1ccccc1)C(=N)/C=C/c1ccccc1. The van der Waals surface area contributed by atoms with E-state index in [-0.39, 0.29) is 0 Å². The van der Waals surface area contributed by atoms with Crippen molar-refractivity contribution in [2.75, 3.05) is 7.05 Å². The summed E-state index contributed by atoms with van der Waals surface area (Å²) in [6.45, 7) is 0.749. The molecule has 0 aromatic heterocycles. The van der Waals surface area contributed by atoms with Gasteiger partial charge in [0.05, 0.1) is 0 Å². The maximum Gasteiger partial charge on any atom is 0.120 e. The Morgan fingerprint density at radius 2 is 1.58 bits per heavy atom. The fourth-order valence-corrected chi connectivity index (χ4v) is 1.81. The molecule has 96 valence electrons. The third-order valence-electron chi connectivity index (χ3n) is 2.91. The predicted octanol–water partition coefficient (Wildman–Crippen LogP) is 3.81. The van der Waals surface area contributed by atoms with Crippen LogP contribution in [0, 0.1) is 5.41 Å². The van der Waals surface area contributed by atoms with E-state index in [1.165, 1.54) is 5.56 Å². The molecule has 0 bridgehead atoms. The van der Waals surface area contributed by atoms with E-state index in [2.05, 4.69) is 12.1 Å². The number of nitrogens with zero attached hydrogens (tertiary/aromatic N) is 1. The number of hydrogen-bond acceptors (Lipinski definition) is 1. The first-order chi connectivity index (χ1) is 9.25. The van der Waals surface area contributed by atoms with Crippen LogP contribution in [-0.4, -0.2) is 17.8 Å². The summed E-state index contributed by atoms with van der Waals surface area (Å²) >= 11 is 0. The smallest absolute Gasteiger partial charge is 0.120 e. The first kappa shape index (κ1) is 13.1. The van der Waals surface area contributed by atoms with Gasteiger partial charge in [0.25, 0.3) is 0 Å². The van der Waals surface area contributed by atoms with Crippen LogP contribution in [0.25, 0.3) is 6.08 Å². The number of benzene rings is 2. The highest BCUT2D eigenvalue weighted by atomic mass is 15.1. The third-order valence-corrected chi connectivity index (χ3v) is 2.91. The van der Waals surface area contributed by atoms with Crippen molar-refractivity contribution in [3.05, 3.63) is 77.9 Å². The van der Waals surface area contributed by atoms with Crippen LogP contribution >= 0.6 is 0 Å². The summed E-state index contributed by atoms with van der Waals surface area (Å²) in [4.78, 5) is 1.93. The topological polar surface area (TPSA) is 27.1 Å². The molecule has 0 aliphatic rings. The van der Waals surface area contributed by atoms with Crippen LogP contribution in [0.5, 0.6) is 0 Å². The molecule has 0 aliphatic heterocycles. The molecule has 0 atom stereocenters. The van der Waals surface area contributed by atoms with E-state index in [0.717, 1.165) is 12.1 Å². The van der Waals surface area contributed by atoms with Gasteiger partial charge in [0.2, 0.25) is 0 Å². The third kappa shape index (κ3) is 4.11. The van der Waals surface area contributed by atoms with E-state index in [4.69, 9.17) is 5.41 Å². The molecule has 0 radical (unpaired) electrons. The molecule has 0 aliphatic carbocycles. The first-order valence-electron chi connectivity index (χ1n) is 6.32. The zero-order chi connectivity index (χ0) is 13.5. The van der Waals surface area contributed by atoms with Crippen LogP contribution in [0.15, 0.2) is 66.7 Å². The Balaban J connectivity index is 1.95. The van der Waals surface area contributed by atoms with Crippen LogP contribution in [0.2, 0.25) is 0 Å². The van der Waals surface area contributed by atoms with Crippen LogP contribution in [0.1, 0.15) is 11.1 Å². The number of rotatable bonds is 4. The Bertz CT molecular complexity index is 544. The number of likely N-dealkylation sites (N-methyl/N-ethyl adjacent to an activating group) is 1.